The maximum absolute atomic E-state index is 12.4. The van der Waals surface area contributed by atoms with Gasteiger partial charge in [-0.3, -0.25) is 0 Å². The Hall–Kier alpha value is -3.74. The maximum atomic E-state index is 12.4. The van der Waals surface area contributed by atoms with Crippen molar-refractivity contribution in [3.05, 3.63) is 72.0 Å². The standard InChI is InChI=1S/C22H22O7/c1-4-5-12-28-17-9-7-16(8-10-17)22(25)29-18-11-6-15(13-19(18)26-2)14-20(27-3)21(23)24/h4,6-11,13-14H,1,5,12H2,2-3H3,(H,23,24)/b20-14+. The molecule has 0 aromatic heterocycles. The molecule has 7 nitrogen and oxygen atoms in total. The van der Waals surface area contributed by atoms with Gasteiger partial charge in [0.1, 0.15) is 5.75 Å². The van der Waals surface area contributed by atoms with Crippen LogP contribution in [0.3, 0.4) is 0 Å². The summed E-state index contributed by atoms with van der Waals surface area (Å²) in [5, 5.41) is 9.03. The van der Waals surface area contributed by atoms with E-state index in [2.05, 4.69) is 6.58 Å². The molecule has 0 aliphatic heterocycles. The second kappa shape index (κ2) is 10.6. The zero-order valence-corrected chi connectivity index (χ0v) is 16.2. The van der Waals surface area contributed by atoms with Crippen molar-refractivity contribution in [2.75, 3.05) is 20.8 Å². The molecule has 0 fully saturated rings. The molecule has 0 amide bonds. The number of rotatable bonds is 10. The highest BCUT2D eigenvalue weighted by molar-refractivity contribution is 5.92. The van der Waals surface area contributed by atoms with Crippen molar-refractivity contribution in [1.29, 1.82) is 0 Å². The molecular formula is C22H22O7. The monoisotopic (exact) mass is 398 g/mol. The van der Waals surface area contributed by atoms with Gasteiger partial charge in [0.05, 0.1) is 26.4 Å². The van der Waals surface area contributed by atoms with E-state index in [0.29, 0.717) is 23.5 Å². The summed E-state index contributed by atoms with van der Waals surface area (Å²) in [5.41, 5.74) is 0.863. The van der Waals surface area contributed by atoms with Crippen LogP contribution in [0.1, 0.15) is 22.3 Å². The van der Waals surface area contributed by atoms with Crippen molar-refractivity contribution < 1.29 is 33.6 Å². The fourth-order valence-electron chi connectivity index (χ4n) is 2.32. The van der Waals surface area contributed by atoms with Gasteiger partial charge in [0, 0.05) is 0 Å². The summed E-state index contributed by atoms with van der Waals surface area (Å²) >= 11 is 0. The smallest absolute Gasteiger partial charge is 0.371 e. The highest BCUT2D eigenvalue weighted by Gasteiger charge is 2.14. The van der Waals surface area contributed by atoms with Gasteiger partial charge in [-0.05, 0) is 54.5 Å². The summed E-state index contributed by atoms with van der Waals surface area (Å²) < 4.78 is 21.0. The molecule has 152 valence electrons. The number of aliphatic carboxylic acids is 1. The van der Waals surface area contributed by atoms with Crippen molar-refractivity contribution in [2.45, 2.75) is 6.42 Å². The van der Waals surface area contributed by atoms with Crippen molar-refractivity contribution in [2.24, 2.45) is 0 Å². The number of ether oxygens (including phenoxy) is 4. The van der Waals surface area contributed by atoms with E-state index in [0.717, 1.165) is 6.42 Å². The van der Waals surface area contributed by atoms with Gasteiger partial charge < -0.3 is 24.1 Å². The highest BCUT2D eigenvalue weighted by atomic mass is 16.6. The first kappa shape index (κ1) is 21.6. The third kappa shape index (κ3) is 6.14. The van der Waals surface area contributed by atoms with E-state index in [1.807, 2.05) is 0 Å². The summed E-state index contributed by atoms with van der Waals surface area (Å²) in [7, 11) is 2.69. The molecule has 0 atom stereocenters. The van der Waals surface area contributed by atoms with E-state index in [-0.39, 0.29) is 17.3 Å². The molecule has 0 spiro atoms. The lowest BCUT2D eigenvalue weighted by atomic mass is 10.1. The summed E-state index contributed by atoms with van der Waals surface area (Å²) in [4.78, 5) is 23.5. The molecule has 0 radical (unpaired) electrons. The fraction of sp³-hybridized carbons (Fsp3) is 0.182. The molecule has 29 heavy (non-hydrogen) atoms. The summed E-state index contributed by atoms with van der Waals surface area (Å²) in [6, 6.07) is 11.2. The first-order valence-electron chi connectivity index (χ1n) is 8.71. The van der Waals surface area contributed by atoms with E-state index >= 15 is 0 Å². The Morgan fingerprint density at radius 3 is 2.38 bits per heavy atom. The normalized spacial score (nSPS) is 10.8. The number of carboxylic acids is 1. The number of methoxy groups -OCH3 is 2. The van der Waals surface area contributed by atoms with E-state index < -0.39 is 11.9 Å². The Labute approximate surface area is 168 Å². The lowest BCUT2D eigenvalue weighted by molar-refractivity contribution is -0.135. The van der Waals surface area contributed by atoms with E-state index in [1.165, 1.54) is 26.4 Å². The second-order valence-corrected chi connectivity index (χ2v) is 5.77. The van der Waals surface area contributed by atoms with Crippen LogP contribution in [0.5, 0.6) is 17.2 Å². The van der Waals surface area contributed by atoms with Crippen molar-refractivity contribution in [3.8, 4) is 17.2 Å². The summed E-state index contributed by atoms with van der Waals surface area (Å²) in [6.07, 6.45) is 3.83. The SMILES string of the molecule is C=CCCOc1ccc(C(=O)Oc2ccc(/C=C(/OC)C(=O)O)cc2OC)cc1. The number of hydrogen-bond donors (Lipinski definition) is 1. The van der Waals surface area contributed by atoms with Crippen LogP contribution < -0.4 is 14.2 Å². The van der Waals surface area contributed by atoms with Crippen LogP contribution >= 0.6 is 0 Å². The zero-order valence-electron chi connectivity index (χ0n) is 16.2. The minimum absolute atomic E-state index is 0.204. The van der Waals surface area contributed by atoms with E-state index in [1.54, 1.807) is 42.5 Å². The van der Waals surface area contributed by atoms with Crippen LogP contribution in [-0.2, 0) is 9.53 Å². The van der Waals surface area contributed by atoms with Crippen LogP contribution in [0.25, 0.3) is 6.08 Å². The number of esters is 1. The van der Waals surface area contributed by atoms with Gasteiger partial charge in [-0.2, -0.15) is 0 Å². The molecular weight excluding hydrogens is 376 g/mol. The zero-order chi connectivity index (χ0) is 21.2. The number of hydrogen-bond acceptors (Lipinski definition) is 6. The first-order valence-corrected chi connectivity index (χ1v) is 8.71. The largest absolute Gasteiger partial charge is 0.493 e. The third-order valence-electron chi connectivity index (χ3n) is 3.80. The predicted molar refractivity (Wildman–Crippen MR) is 107 cm³/mol. The first-order chi connectivity index (χ1) is 14.0. The molecule has 2 aromatic rings. The Bertz CT molecular complexity index is 898. The van der Waals surface area contributed by atoms with Gasteiger partial charge in [-0.15, -0.1) is 6.58 Å². The van der Waals surface area contributed by atoms with Gasteiger partial charge in [0.15, 0.2) is 11.5 Å². The average molecular weight is 398 g/mol. The molecule has 0 bridgehead atoms. The molecule has 0 aliphatic rings. The van der Waals surface area contributed by atoms with Gasteiger partial charge >= 0.3 is 11.9 Å². The summed E-state index contributed by atoms with van der Waals surface area (Å²) in [6.45, 7) is 4.14. The molecule has 0 saturated carbocycles. The maximum Gasteiger partial charge on any atom is 0.371 e. The third-order valence-corrected chi connectivity index (χ3v) is 3.80. The molecule has 0 saturated heterocycles. The molecule has 7 heteroatoms. The molecule has 0 heterocycles. The Balaban J connectivity index is 2.13. The van der Waals surface area contributed by atoms with Crippen molar-refractivity contribution in [1.82, 2.24) is 0 Å². The topological polar surface area (TPSA) is 91.3 Å². The number of carbonyl (C=O) groups excluding carboxylic acids is 1. The molecule has 2 rings (SSSR count). The Morgan fingerprint density at radius 2 is 1.79 bits per heavy atom. The number of carboxylic acid groups (broad SMARTS) is 1. The average Bonchev–Trinajstić information content (AvgIpc) is 2.73. The van der Waals surface area contributed by atoms with Crippen LogP contribution in [0.4, 0.5) is 0 Å². The summed E-state index contributed by atoms with van der Waals surface area (Å²) in [5.74, 6) is -0.865. The van der Waals surface area contributed by atoms with Gasteiger partial charge in [0.2, 0.25) is 5.76 Å². The lowest BCUT2D eigenvalue weighted by Gasteiger charge is -2.11. The lowest BCUT2D eigenvalue weighted by Crippen LogP contribution is -2.09. The number of carbonyl (C=O) groups is 2. The minimum atomic E-state index is -1.20. The second-order valence-electron chi connectivity index (χ2n) is 5.77. The van der Waals surface area contributed by atoms with Crippen LogP contribution in [0, 0.1) is 0 Å². The Kier molecular flexibility index (Phi) is 7.85. The van der Waals surface area contributed by atoms with Crippen molar-refractivity contribution in [3.63, 3.8) is 0 Å². The highest BCUT2D eigenvalue weighted by Crippen LogP contribution is 2.30. The molecule has 2 aromatic carbocycles. The van der Waals surface area contributed by atoms with Crippen LogP contribution in [-0.4, -0.2) is 37.9 Å². The van der Waals surface area contributed by atoms with Gasteiger partial charge in [-0.1, -0.05) is 12.1 Å². The number of benzene rings is 2. The van der Waals surface area contributed by atoms with E-state index in [4.69, 9.17) is 24.1 Å². The van der Waals surface area contributed by atoms with Crippen molar-refractivity contribution >= 4 is 18.0 Å². The van der Waals surface area contributed by atoms with Gasteiger partial charge in [-0.25, -0.2) is 9.59 Å². The molecule has 0 unspecified atom stereocenters. The Morgan fingerprint density at radius 1 is 1.07 bits per heavy atom. The van der Waals surface area contributed by atoms with Crippen LogP contribution in [0.2, 0.25) is 0 Å². The molecule has 1 N–H and O–H groups in total. The fourth-order valence-corrected chi connectivity index (χ4v) is 2.32. The van der Waals surface area contributed by atoms with Crippen LogP contribution in [0.15, 0.2) is 60.9 Å². The quantitative estimate of drug-likeness (QED) is 0.162. The van der Waals surface area contributed by atoms with Gasteiger partial charge in [0.25, 0.3) is 0 Å². The minimum Gasteiger partial charge on any atom is -0.493 e. The van der Waals surface area contributed by atoms with E-state index in [9.17, 15) is 9.59 Å². The molecule has 0 aliphatic carbocycles. The predicted octanol–water partition coefficient (Wildman–Crippen LogP) is 3.94.